The summed E-state index contributed by atoms with van der Waals surface area (Å²) in [5.74, 6) is 1.06. The van der Waals surface area contributed by atoms with Crippen molar-refractivity contribution in [2.45, 2.75) is 44.9 Å². The van der Waals surface area contributed by atoms with Crippen LogP contribution in [0.15, 0.2) is 24.3 Å². The molecule has 0 radical (unpaired) electrons. The van der Waals surface area contributed by atoms with E-state index in [-0.39, 0.29) is 5.82 Å². The molecular formula is C16H24FN. The molecule has 0 saturated heterocycles. The molecule has 2 N–H and O–H groups in total. The van der Waals surface area contributed by atoms with Crippen molar-refractivity contribution >= 4 is 0 Å². The van der Waals surface area contributed by atoms with Crippen molar-refractivity contribution < 1.29 is 4.39 Å². The van der Waals surface area contributed by atoms with Gasteiger partial charge in [0, 0.05) is 0 Å². The van der Waals surface area contributed by atoms with Crippen LogP contribution in [0, 0.1) is 17.7 Å². The second-order valence-electron chi connectivity index (χ2n) is 5.54. The summed E-state index contributed by atoms with van der Waals surface area (Å²) in [6, 6.07) is 7.12. The Morgan fingerprint density at radius 3 is 2.39 bits per heavy atom. The van der Waals surface area contributed by atoms with Crippen LogP contribution >= 0.6 is 0 Å². The van der Waals surface area contributed by atoms with Crippen molar-refractivity contribution in [2.24, 2.45) is 17.6 Å². The highest BCUT2D eigenvalue weighted by atomic mass is 19.1. The van der Waals surface area contributed by atoms with Crippen molar-refractivity contribution in [2.75, 3.05) is 6.54 Å². The Morgan fingerprint density at radius 2 is 1.78 bits per heavy atom. The van der Waals surface area contributed by atoms with Crippen LogP contribution in [-0.2, 0) is 6.42 Å². The molecule has 0 bridgehead atoms. The quantitative estimate of drug-likeness (QED) is 0.804. The van der Waals surface area contributed by atoms with E-state index in [1.165, 1.54) is 38.5 Å². The molecule has 1 fully saturated rings. The molecule has 0 spiro atoms. The van der Waals surface area contributed by atoms with Crippen molar-refractivity contribution in [1.29, 1.82) is 0 Å². The van der Waals surface area contributed by atoms with Gasteiger partial charge in [0.25, 0.3) is 0 Å². The lowest BCUT2D eigenvalue weighted by Gasteiger charge is -2.25. The highest BCUT2D eigenvalue weighted by molar-refractivity contribution is 5.18. The number of hydrogen-bond donors (Lipinski definition) is 1. The molecular weight excluding hydrogens is 225 g/mol. The van der Waals surface area contributed by atoms with E-state index in [0.717, 1.165) is 12.0 Å². The van der Waals surface area contributed by atoms with E-state index in [9.17, 15) is 4.39 Å². The molecule has 2 heteroatoms. The molecule has 100 valence electrons. The van der Waals surface area contributed by atoms with E-state index >= 15 is 0 Å². The zero-order valence-corrected chi connectivity index (χ0v) is 11.1. The maximum atomic E-state index is 13.7. The van der Waals surface area contributed by atoms with Crippen LogP contribution in [0.2, 0.25) is 0 Å². The van der Waals surface area contributed by atoms with Crippen molar-refractivity contribution in [3.63, 3.8) is 0 Å². The lowest BCUT2D eigenvalue weighted by molar-refractivity contribution is 0.300. The average molecular weight is 249 g/mol. The van der Waals surface area contributed by atoms with Gasteiger partial charge in [-0.3, -0.25) is 0 Å². The van der Waals surface area contributed by atoms with Gasteiger partial charge in [0.2, 0.25) is 0 Å². The fraction of sp³-hybridized carbons (Fsp3) is 0.625. The Bertz CT molecular complexity index is 356. The molecule has 0 aliphatic heterocycles. The summed E-state index contributed by atoms with van der Waals surface area (Å²) in [5, 5.41) is 0. The largest absolute Gasteiger partial charge is 0.330 e. The Hall–Kier alpha value is -0.890. The van der Waals surface area contributed by atoms with Gasteiger partial charge in [0.15, 0.2) is 0 Å². The number of hydrogen-bond acceptors (Lipinski definition) is 1. The fourth-order valence-corrected chi connectivity index (χ4v) is 3.17. The molecule has 2 rings (SSSR count). The Balaban J connectivity index is 2.02. The number of halogens is 1. The molecule has 0 amide bonds. The SMILES string of the molecule is NCC(Cc1ccccc1F)C1CCCCCC1. The van der Waals surface area contributed by atoms with E-state index in [4.69, 9.17) is 5.73 Å². The number of rotatable bonds is 4. The second kappa shape index (κ2) is 6.89. The predicted molar refractivity (Wildman–Crippen MR) is 73.8 cm³/mol. The van der Waals surface area contributed by atoms with E-state index < -0.39 is 0 Å². The van der Waals surface area contributed by atoms with Crippen molar-refractivity contribution in [3.8, 4) is 0 Å². The van der Waals surface area contributed by atoms with Crippen LogP contribution in [0.4, 0.5) is 4.39 Å². The smallest absolute Gasteiger partial charge is 0.126 e. The average Bonchev–Trinajstić information content (AvgIpc) is 2.67. The molecule has 1 aliphatic carbocycles. The van der Waals surface area contributed by atoms with Crippen LogP contribution in [0.5, 0.6) is 0 Å². The standard InChI is InChI=1S/C16H24FN/c17-16-10-6-5-9-14(16)11-15(12-18)13-7-3-1-2-4-8-13/h5-6,9-10,13,15H,1-4,7-8,11-12,18H2. The first-order chi connectivity index (χ1) is 8.81. The third kappa shape index (κ3) is 3.55. The highest BCUT2D eigenvalue weighted by Gasteiger charge is 2.22. The molecule has 1 aromatic carbocycles. The van der Waals surface area contributed by atoms with Gasteiger partial charge in [-0.15, -0.1) is 0 Å². The second-order valence-corrected chi connectivity index (χ2v) is 5.54. The minimum Gasteiger partial charge on any atom is -0.330 e. The van der Waals surface area contributed by atoms with Crippen LogP contribution in [-0.4, -0.2) is 6.54 Å². The summed E-state index contributed by atoms with van der Waals surface area (Å²) in [7, 11) is 0. The minimum absolute atomic E-state index is 0.0791. The number of nitrogens with two attached hydrogens (primary N) is 1. The molecule has 1 atom stereocenters. The van der Waals surface area contributed by atoms with Crippen molar-refractivity contribution in [1.82, 2.24) is 0 Å². The lowest BCUT2D eigenvalue weighted by atomic mass is 9.82. The summed E-state index contributed by atoms with van der Waals surface area (Å²) in [6.07, 6.45) is 8.69. The first-order valence-corrected chi connectivity index (χ1v) is 7.24. The maximum absolute atomic E-state index is 13.7. The minimum atomic E-state index is -0.0791. The van der Waals surface area contributed by atoms with Gasteiger partial charge in [0.1, 0.15) is 5.82 Å². The summed E-state index contributed by atoms with van der Waals surface area (Å²) in [4.78, 5) is 0. The van der Waals surface area contributed by atoms with Crippen LogP contribution < -0.4 is 5.73 Å². The monoisotopic (exact) mass is 249 g/mol. The normalized spacial score (nSPS) is 19.4. The molecule has 1 nitrogen and oxygen atoms in total. The topological polar surface area (TPSA) is 26.0 Å². The zero-order chi connectivity index (χ0) is 12.8. The summed E-state index contributed by atoms with van der Waals surface area (Å²) in [6.45, 7) is 0.680. The molecule has 1 saturated carbocycles. The zero-order valence-electron chi connectivity index (χ0n) is 11.1. The van der Waals surface area contributed by atoms with Gasteiger partial charge in [-0.25, -0.2) is 4.39 Å². The lowest BCUT2D eigenvalue weighted by Crippen LogP contribution is -2.25. The van der Waals surface area contributed by atoms with Crippen LogP contribution in [0.3, 0.4) is 0 Å². The number of benzene rings is 1. The molecule has 1 aliphatic rings. The van der Waals surface area contributed by atoms with Gasteiger partial charge in [0.05, 0.1) is 0 Å². The summed E-state index contributed by atoms with van der Waals surface area (Å²) in [5.41, 5.74) is 6.76. The van der Waals surface area contributed by atoms with E-state index in [0.29, 0.717) is 18.4 Å². The first-order valence-electron chi connectivity index (χ1n) is 7.24. The molecule has 0 heterocycles. The van der Waals surface area contributed by atoms with E-state index in [1.54, 1.807) is 12.1 Å². The highest BCUT2D eigenvalue weighted by Crippen LogP contribution is 2.30. The Morgan fingerprint density at radius 1 is 1.11 bits per heavy atom. The molecule has 18 heavy (non-hydrogen) atoms. The van der Waals surface area contributed by atoms with Gasteiger partial charge in [-0.2, -0.15) is 0 Å². The van der Waals surface area contributed by atoms with Gasteiger partial charge in [-0.1, -0.05) is 56.7 Å². The third-order valence-corrected chi connectivity index (χ3v) is 4.31. The summed E-state index contributed by atoms with van der Waals surface area (Å²) < 4.78 is 13.7. The van der Waals surface area contributed by atoms with Crippen molar-refractivity contribution in [3.05, 3.63) is 35.6 Å². The van der Waals surface area contributed by atoms with Crippen LogP contribution in [0.25, 0.3) is 0 Å². The molecule has 0 aromatic heterocycles. The van der Waals surface area contributed by atoms with Crippen LogP contribution in [0.1, 0.15) is 44.1 Å². The Kier molecular flexibility index (Phi) is 5.18. The summed E-state index contributed by atoms with van der Waals surface area (Å²) >= 11 is 0. The molecule has 1 aromatic rings. The first kappa shape index (κ1) is 13.5. The fourth-order valence-electron chi connectivity index (χ4n) is 3.17. The van der Waals surface area contributed by atoms with E-state index in [1.807, 2.05) is 12.1 Å². The van der Waals surface area contributed by atoms with Gasteiger partial charge >= 0.3 is 0 Å². The van der Waals surface area contributed by atoms with Gasteiger partial charge in [-0.05, 0) is 36.4 Å². The third-order valence-electron chi connectivity index (χ3n) is 4.31. The Labute approximate surface area is 110 Å². The van der Waals surface area contributed by atoms with E-state index in [2.05, 4.69) is 0 Å². The maximum Gasteiger partial charge on any atom is 0.126 e. The van der Waals surface area contributed by atoms with Gasteiger partial charge < -0.3 is 5.73 Å². The predicted octanol–water partition coefficient (Wildman–Crippen LogP) is 3.91. The molecule has 1 unspecified atom stereocenters.